The average Bonchev–Trinajstić information content (AvgIpc) is 2.59. The Morgan fingerprint density at radius 1 is 0.875 bits per heavy atom. The predicted octanol–water partition coefficient (Wildman–Crippen LogP) is 3.30. The molecule has 2 N–H and O–H groups in total. The monoisotopic (exact) mass is 456 g/mol. The number of carbonyl (C=O) groups excluding carboxylic acids is 2. The van der Waals surface area contributed by atoms with E-state index < -0.39 is 11.8 Å². The summed E-state index contributed by atoms with van der Waals surface area (Å²) in [5.41, 5.74) is 5.38. The van der Waals surface area contributed by atoms with Crippen LogP contribution in [0.25, 0.3) is 0 Å². The number of amides is 2. The Bertz CT molecular complexity index is 781. The molecule has 0 saturated carbocycles. The molecule has 0 aromatic heterocycles. The van der Waals surface area contributed by atoms with E-state index >= 15 is 0 Å². The average molecular weight is 458 g/mol. The Labute approximate surface area is 155 Å². The predicted molar refractivity (Wildman–Crippen MR) is 96.3 cm³/mol. The van der Waals surface area contributed by atoms with Gasteiger partial charge in [-0.3, -0.25) is 20.4 Å². The molecule has 0 spiro atoms. The first kappa shape index (κ1) is 18.3. The maximum atomic E-state index is 12.2. The Kier molecular flexibility index (Phi) is 6.22. The van der Waals surface area contributed by atoms with Crippen molar-refractivity contribution in [3.05, 3.63) is 56.5 Å². The number of rotatable bonds is 4. The maximum absolute atomic E-state index is 12.2. The summed E-state index contributed by atoms with van der Waals surface area (Å²) in [5, 5.41) is 0. The topological polar surface area (TPSA) is 76.7 Å². The van der Waals surface area contributed by atoms with Gasteiger partial charge >= 0.3 is 0 Å². The van der Waals surface area contributed by atoms with E-state index in [-0.39, 0.29) is 0 Å². The second-order valence-electron chi connectivity index (χ2n) is 4.60. The van der Waals surface area contributed by atoms with Crippen molar-refractivity contribution in [2.45, 2.75) is 0 Å². The third kappa shape index (κ3) is 4.27. The summed E-state index contributed by atoms with van der Waals surface area (Å²) in [6, 6.07) is 9.84. The summed E-state index contributed by atoms with van der Waals surface area (Å²) in [4.78, 5) is 24.3. The Morgan fingerprint density at radius 2 is 1.50 bits per heavy atom. The van der Waals surface area contributed by atoms with Crippen molar-refractivity contribution in [1.29, 1.82) is 0 Å². The summed E-state index contributed by atoms with van der Waals surface area (Å²) in [7, 11) is 3.00. The standard InChI is InChI=1S/C16H14Br2N2O4/c1-23-13-6-4-10(17)8-11(13)16(22)20-19-15(21)9-3-5-14(24-2)12(18)7-9/h3-8H,1-2H3,(H,19,21)(H,20,22). The number of ether oxygens (including phenoxy) is 2. The largest absolute Gasteiger partial charge is 0.496 e. The molecule has 2 aromatic carbocycles. The van der Waals surface area contributed by atoms with Crippen molar-refractivity contribution in [2.75, 3.05) is 14.2 Å². The van der Waals surface area contributed by atoms with Gasteiger partial charge in [-0.25, -0.2) is 0 Å². The first-order valence-corrected chi connectivity index (χ1v) is 8.32. The molecule has 0 radical (unpaired) electrons. The third-order valence-electron chi connectivity index (χ3n) is 3.11. The van der Waals surface area contributed by atoms with Crippen LogP contribution in [0.4, 0.5) is 0 Å². The van der Waals surface area contributed by atoms with E-state index in [1.165, 1.54) is 14.2 Å². The molecule has 24 heavy (non-hydrogen) atoms. The van der Waals surface area contributed by atoms with Crippen molar-refractivity contribution in [3.8, 4) is 11.5 Å². The molecule has 2 amide bonds. The number of nitrogens with one attached hydrogen (secondary N) is 2. The van der Waals surface area contributed by atoms with E-state index in [4.69, 9.17) is 9.47 Å². The van der Waals surface area contributed by atoms with Gasteiger partial charge in [0.2, 0.25) is 0 Å². The highest BCUT2D eigenvalue weighted by Crippen LogP contribution is 2.25. The Morgan fingerprint density at radius 3 is 2.12 bits per heavy atom. The molecule has 126 valence electrons. The minimum Gasteiger partial charge on any atom is -0.496 e. The first-order chi connectivity index (χ1) is 11.5. The van der Waals surface area contributed by atoms with Gasteiger partial charge in [0.1, 0.15) is 11.5 Å². The summed E-state index contributed by atoms with van der Waals surface area (Å²) in [5.74, 6) is 0.0568. The van der Waals surface area contributed by atoms with Crippen LogP contribution >= 0.6 is 31.9 Å². The minimum absolute atomic E-state index is 0.295. The number of hydrogen-bond donors (Lipinski definition) is 2. The van der Waals surface area contributed by atoms with Gasteiger partial charge in [-0.2, -0.15) is 0 Å². The van der Waals surface area contributed by atoms with Crippen LogP contribution in [0.1, 0.15) is 20.7 Å². The van der Waals surface area contributed by atoms with Gasteiger partial charge in [-0.1, -0.05) is 15.9 Å². The van der Waals surface area contributed by atoms with Crippen LogP contribution in [-0.2, 0) is 0 Å². The fourth-order valence-corrected chi connectivity index (χ4v) is 2.82. The van der Waals surface area contributed by atoms with Crippen LogP contribution in [-0.4, -0.2) is 26.0 Å². The number of hydrazine groups is 1. The zero-order chi connectivity index (χ0) is 17.7. The number of hydrogen-bond acceptors (Lipinski definition) is 4. The van der Waals surface area contributed by atoms with Gasteiger partial charge in [-0.05, 0) is 52.3 Å². The summed E-state index contributed by atoms with van der Waals surface area (Å²) in [6.45, 7) is 0. The lowest BCUT2D eigenvalue weighted by Gasteiger charge is -2.11. The van der Waals surface area contributed by atoms with Crippen molar-refractivity contribution < 1.29 is 19.1 Å². The summed E-state index contributed by atoms with van der Waals surface area (Å²) >= 11 is 6.60. The van der Waals surface area contributed by atoms with Crippen molar-refractivity contribution in [3.63, 3.8) is 0 Å². The van der Waals surface area contributed by atoms with Crippen LogP contribution < -0.4 is 20.3 Å². The van der Waals surface area contributed by atoms with E-state index in [9.17, 15) is 9.59 Å². The lowest BCUT2D eigenvalue weighted by atomic mass is 10.2. The van der Waals surface area contributed by atoms with Crippen LogP contribution in [0.2, 0.25) is 0 Å². The minimum atomic E-state index is -0.492. The number of halogens is 2. The lowest BCUT2D eigenvalue weighted by Crippen LogP contribution is -2.41. The molecule has 0 unspecified atom stereocenters. The molecule has 0 fully saturated rings. The van der Waals surface area contributed by atoms with E-state index in [0.29, 0.717) is 27.1 Å². The second kappa shape index (κ2) is 8.16. The van der Waals surface area contributed by atoms with Gasteiger partial charge in [0.05, 0.1) is 24.3 Å². The number of carbonyl (C=O) groups is 2. The van der Waals surface area contributed by atoms with E-state index in [0.717, 1.165) is 4.47 Å². The molecule has 0 saturated heterocycles. The van der Waals surface area contributed by atoms with Crippen molar-refractivity contribution >= 4 is 43.7 Å². The molecule has 0 aliphatic heterocycles. The molecular weight excluding hydrogens is 444 g/mol. The number of methoxy groups -OCH3 is 2. The molecule has 8 heteroatoms. The van der Waals surface area contributed by atoms with Gasteiger partial charge in [0.25, 0.3) is 11.8 Å². The SMILES string of the molecule is COc1ccc(C(=O)NNC(=O)c2cc(Br)ccc2OC)cc1Br. The van der Waals surface area contributed by atoms with E-state index in [1.54, 1.807) is 36.4 Å². The highest BCUT2D eigenvalue weighted by atomic mass is 79.9. The third-order valence-corrected chi connectivity index (χ3v) is 4.22. The smallest absolute Gasteiger partial charge is 0.273 e. The quantitative estimate of drug-likeness (QED) is 0.690. The van der Waals surface area contributed by atoms with Crippen LogP contribution in [0.3, 0.4) is 0 Å². The van der Waals surface area contributed by atoms with E-state index in [2.05, 4.69) is 42.7 Å². The van der Waals surface area contributed by atoms with Gasteiger partial charge in [-0.15, -0.1) is 0 Å². The highest BCUT2D eigenvalue weighted by Gasteiger charge is 2.15. The first-order valence-electron chi connectivity index (χ1n) is 6.74. The molecule has 0 atom stereocenters. The molecule has 2 aromatic rings. The summed E-state index contributed by atoms with van der Waals surface area (Å²) in [6.07, 6.45) is 0. The molecule has 6 nitrogen and oxygen atoms in total. The fourth-order valence-electron chi connectivity index (χ4n) is 1.92. The Balaban J connectivity index is 2.07. The highest BCUT2D eigenvalue weighted by molar-refractivity contribution is 9.10. The zero-order valence-electron chi connectivity index (χ0n) is 12.9. The molecule has 0 heterocycles. The molecule has 0 bridgehead atoms. The molecular formula is C16H14Br2N2O4. The molecule has 2 rings (SSSR count). The fraction of sp³-hybridized carbons (Fsp3) is 0.125. The van der Waals surface area contributed by atoms with Crippen molar-refractivity contribution in [2.24, 2.45) is 0 Å². The van der Waals surface area contributed by atoms with Crippen LogP contribution in [0.15, 0.2) is 45.3 Å². The van der Waals surface area contributed by atoms with Gasteiger partial charge in [0, 0.05) is 10.0 Å². The molecule has 0 aliphatic rings. The molecule has 0 aliphatic carbocycles. The van der Waals surface area contributed by atoms with Crippen molar-refractivity contribution in [1.82, 2.24) is 10.9 Å². The van der Waals surface area contributed by atoms with Gasteiger partial charge < -0.3 is 9.47 Å². The van der Waals surface area contributed by atoms with Gasteiger partial charge in [0.15, 0.2) is 0 Å². The Hall–Kier alpha value is -2.06. The van der Waals surface area contributed by atoms with Crippen LogP contribution in [0, 0.1) is 0 Å². The number of benzene rings is 2. The normalized spacial score (nSPS) is 10.0. The van der Waals surface area contributed by atoms with Crippen LogP contribution in [0.5, 0.6) is 11.5 Å². The summed E-state index contributed by atoms with van der Waals surface area (Å²) < 4.78 is 11.6. The zero-order valence-corrected chi connectivity index (χ0v) is 16.0. The lowest BCUT2D eigenvalue weighted by molar-refractivity contribution is 0.0845. The second-order valence-corrected chi connectivity index (χ2v) is 6.37. The maximum Gasteiger partial charge on any atom is 0.273 e. The van der Waals surface area contributed by atoms with E-state index in [1.807, 2.05) is 0 Å².